The molecule has 13 heteroatoms. The molecule has 4 aromatic rings. The molecule has 228 valence electrons. The fourth-order valence-corrected chi connectivity index (χ4v) is 12.2. The van der Waals surface area contributed by atoms with Crippen molar-refractivity contribution < 1.29 is 24.3 Å². The number of benzene rings is 2. The number of thiazole rings is 1. The molecule has 2 aromatic heterocycles. The third-order valence-electron chi connectivity index (χ3n) is 9.60. The minimum atomic E-state index is -1.06. The van der Waals surface area contributed by atoms with Gasteiger partial charge in [0.15, 0.2) is 0 Å². The van der Waals surface area contributed by atoms with Crippen molar-refractivity contribution >= 4 is 81.1 Å². The van der Waals surface area contributed by atoms with Crippen LogP contribution in [0.15, 0.2) is 75.9 Å². The Balaban J connectivity index is 1.13. The van der Waals surface area contributed by atoms with E-state index in [1.165, 1.54) is 33.7 Å². The highest BCUT2D eigenvalue weighted by Gasteiger charge is 2.70. The summed E-state index contributed by atoms with van der Waals surface area (Å²) in [6, 6.07) is 16.7. The Kier molecular flexibility index (Phi) is 6.83. The molecule has 2 N–H and O–H groups in total. The second kappa shape index (κ2) is 10.7. The van der Waals surface area contributed by atoms with Gasteiger partial charge in [-0.05, 0) is 84.2 Å². The van der Waals surface area contributed by atoms with Crippen LogP contribution < -0.4 is 15.1 Å². The summed E-state index contributed by atoms with van der Waals surface area (Å²) >= 11 is 10.4. The Hall–Kier alpha value is -3.71. The minimum absolute atomic E-state index is 0.00430. The second-order valence-electron chi connectivity index (χ2n) is 11.8. The monoisotopic (exact) mass is 677 g/mol. The number of thioether (sulfide) groups is 1. The van der Waals surface area contributed by atoms with Crippen LogP contribution in [0, 0.1) is 29.6 Å². The average molecular weight is 678 g/mol. The number of halogens is 1. The summed E-state index contributed by atoms with van der Waals surface area (Å²) in [5.41, 5.74) is 1.07. The van der Waals surface area contributed by atoms with Crippen molar-refractivity contribution in [1.82, 2.24) is 4.57 Å². The molecule has 2 aromatic carbocycles. The van der Waals surface area contributed by atoms with E-state index in [1.54, 1.807) is 47.4 Å². The third kappa shape index (κ3) is 4.44. The van der Waals surface area contributed by atoms with E-state index in [1.807, 2.05) is 11.4 Å². The first-order valence-electron chi connectivity index (χ1n) is 14.4. The van der Waals surface area contributed by atoms with Gasteiger partial charge < -0.3 is 10.4 Å². The van der Waals surface area contributed by atoms with E-state index < -0.39 is 23.7 Å². The first kappa shape index (κ1) is 28.7. The molecule has 3 fully saturated rings. The summed E-state index contributed by atoms with van der Waals surface area (Å²) in [7, 11) is 0. The van der Waals surface area contributed by atoms with Crippen molar-refractivity contribution in [3.63, 3.8) is 0 Å². The number of thiophene rings is 1. The van der Waals surface area contributed by atoms with Crippen molar-refractivity contribution in [1.29, 1.82) is 0 Å². The second-order valence-corrected chi connectivity index (χ2v) is 15.4. The number of nitrogens with one attached hydrogen (secondary N) is 1. The van der Waals surface area contributed by atoms with Gasteiger partial charge in [-0.15, -0.1) is 23.1 Å². The van der Waals surface area contributed by atoms with Gasteiger partial charge in [-0.2, -0.15) is 0 Å². The van der Waals surface area contributed by atoms with Crippen LogP contribution in [0.3, 0.4) is 0 Å². The standard InChI is InChI=1S/C32H24ClN3O6S3/c33-15-5-9-17(10-6-15)36-28(38)23-18-12-19(24(23)29(36)39)26-22(18)25(20-2-1-11-43-20)27-30(44-26)35(32(42)45-27)13-21(37)34-16-7-3-14(4-8-16)31(40)41/h1-11,18-19,22-26H,12-13H2,(H,34,37)(H,40,41). The molecule has 9 nitrogen and oxygen atoms in total. The Morgan fingerprint density at radius 2 is 1.67 bits per heavy atom. The number of hydrogen-bond donors (Lipinski definition) is 2. The van der Waals surface area contributed by atoms with E-state index in [-0.39, 0.29) is 57.7 Å². The van der Waals surface area contributed by atoms with E-state index in [9.17, 15) is 24.0 Å². The van der Waals surface area contributed by atoms with Gasteiger partial charge in [-0.1, -0.05) is 29.0 Å². The summed E-state index contributed by atoms with van der Waals surface area (Å²) in [4.78, 5) is 68.7. The lowest BCUT2D eigenvalue weighted by Crippen LogP contribution is -2.43. The number of carbonyl (C=O) groups excluding carboxylic acids is 3. The van der Waals surface area contributed by atoms with Gasteiger partial charge in [-0.3, -0.25) is 28.6 Å². The molecular formula is C32H24ClN3O6S3. The number of aromatic nitrogens is 1. The van der Waals surface area contributed by atoms with Gasteiger partial charge in [0.1, 0.15) is 6.54 Å². The Labute approximate surface area is 273 Å². The number of amides is 3. The molecule has 0 spiro atoms. The Morgan fingerprint density at radius 3 is 2.33 bits per heavy atom. The Bertz CT molecular complexity index is 1940. The lowest BCUT2D eigenvalue weighted by Gasteiger charge is -2.42. The van der Waals surface area contributed by atoms with Crippen LogP contribution in [0.5, 0.6) is 0 Å². The van der Waals surface area contributed by atoms with E-state index in [0.717, 1.165) is 32.5 Å². The number of fused-ring (bicyclic) bond motifs is 9. The lowest BCUT2D eigenvalue weighted by molar-refractivity contribution is -0.123. The van der Waals surface area contributed by atoms with E-state index in [2.05, 4.69) is 11.4 Å². The summed E-state index contributed by atoms with van der Waals surface area (Å²) in [5.74, 6) is -2.70. The van der Waals surface area contributed by atoms with Crippen molar-refractivity contribution in [3.8, 4) is 0 Å². The molecule has 2 saturated carbocycles. The fraction of sp³-hybridized carbons (Fsp3) is 0.281. The number of aromatic carboxylic acids is 1. The molecule has 7 atom stereocenters. The highest BCUT2D eigenvalue weighted by molar-refractivity contribution is 8.00. The molecular weight excluding hydrogens is 654 g/mol. The molecule has 2 aliphatic heterocycles. The molecule has 4 aliphatic rings. The van der Waals surface area contributed by atoms with Crippen LogP contribution in [0.25, 0.3) is 0 Å². The van der Waals surface area contributed by atoms with E-state index in [0.29, 0.717) is 16.4 Å². The first-order chi connectivity index (χ1) is 21.7. The number of rotatable bonds is 6. The van der Waals surface area contributed by atoms with Gasteiger partial charge in [0.25, 0.3) is 0 Å². The predicted molar refractivity (Wildman–Crippen MR) is 172 cm³/mol. The van der Waals surface area contributed by atoms with Gasteiger partial charge in [-0.25, -0.2) is 4.79 Å². The van der Waals surface area contributed by atoms with E-state index >= 15 is 0 Å². The van der Waals surface area contributed by atoms with Crippen LogP contribution in [0.1, 0.15) is 32.5 Å². The largest absolute Gasteiger partial charge is 0.478 e. The number of anilines is 2. The molecule has 0 radical (unpaired) electrons. The molecule has 1 saturated heterocycles. The molecule has 7 unspecified atom stereocenters. The van der Waals surface area contributed by atoms with Crippen LogP contribution in [-0.4, -0.2) is 38.6 Å². The fourth-order valence-electron chi connectivity index (χ4n) is 7.93. The zero-order valence-electron chi connectivity index (χ0n) is 23.3. The SMILES string of the molecule is O=C(Cn1c2c(sc1=O)C(c1cccs1)C1C3CC(C1S2)C1C(=O)N(c2ccc(Cl)cc2)C(=O)C31)Nc1ccc(C(=O)O)cc1. The minimum Gasteiger partial charge on any atom is -0.478 e. The predicted octanol–water partition coefficient (Wildman–Crippen LogP) is 5.64. The van der Waals surface area contributed by atoms with Crippen LogP contribution in [0.2, 0.25) is 5.02 Å². The topological polar surface area (TPSA) is 126 Å². The average Bonchev–Trinajstić information content (AvgIpc) is 3.84. The number of carboxylic acid groups (broad SMARTS) is 1. The molecule has 4 heterocycles. The van der Waals surface area contributed by atoms with Crippen LogP contribution in [-0.2, 0) is 20.9 Å². The van der Waals surface area contributed by atoms with Crippen molar-refractivity contribution in [3.05, 3.63) is 96.1 Å². The van der Waals surface area contributed by atoms with Crippen LogP contribution in [0.4, 0.5) is 11.4 Å². The zero-order chi connectivity index (χ0) is 31.1. The van der Waals surface area contributed by atoms with Gasteiger partial charge in [0.2, 0.25) is 17.7 Å². The molecule has 8 rings (SSSR count). The van der Waals surface area contributed by atoms with E-state index in [4.69, 9.17) is 16.7 Å². The number of carbonyl (C=O) groups is 4. The summed E-state index contributed by atoms with van der Waals surface area (Å²) in [5, 5.41) is 15.2. The normalized spacial score (nSPS) is 27.8. The number of hydrogen-bond acceptors (Lipinski definition) is 8. The summed E-state index contributed by atoms with van der Waals surface area (Å²) < 4.78 is 1.52. The quantitative estimate of drug-likeness (QED) is 0.253. The number of carboxylic acids is 1. The molecule has 45 heavy (non-hydrogen) atoms. The summed E-state index contributed by atoms with van der Waals surface area (Å²) in [6.07, 6.45) is 0.775. The maximum atomic E-state index is 13.9. The van der Waals surface area contributed by atoms with Crippen molar-refractivity contribution in [2.24, 2.45) is 29.6 Å². The molecule has 2 aliphatic carbocycles. The number of nitrogens with zero attached hydrogens (tertiary/aromatic N) is 2. The highest BCUT2D eigenvalue weighted by atomic mass is 35.5. The van der Waals surface area contributed by atoms with Gasteiger partial charge in [0.05, 0.1) is 28.1 Å². The summed E-state index contributed by atoms with van der Waals surface area (Å²) in [6.45, 7) is -0.200. The molecule has 3 amide bonds. The van der Waals surface area contributed by atoms with Crippen molar-refractivity contribution in [2.75, 3.05) is 10.2 Å². The number of imide groups is 1. The van der Waals surface area contributed by atoms with Gasteiger partial charge in [0, 0.05) is 31.6 Å². The van der Waals surface area contributed by atoms with Gasteiger partial charge >= 0.3 is 10.8 Å². The zero-order valence-corrected chi connectivity index (χ0v) is 26.5. The van der Waals surface area contributed by atoms with Crippen molar-refractivity contribution in [2.45, 2.75) is 29.2 Å². The molecule has 2 bridgehead atoms. The third-order valence-corrected chi connectivity index (χ3v) is 13.6. The highest BCUT2D eigenvalue weighted by Crippen LogP contribution is 2.69. The smallest absolute Gasteiger partial charge is 0.335 e. The Morgan fingerprint density at radius 1 is 0.956 bits per heavy atom. The first-order valence-corrected chi connectivity index (χ1v) is 17.4. The lowest BCUT2D eigenvalue weighted by atomic mass is 9.69. The van der Waals surface area contributed by atoms with Crippen LogP contribution >= 0.6 is 46.0 Å². The maximum Gasteiger partial charge on any atom is 0.335 e. The maximum absolute atomic E-state index is 13.9.